The van der Waals surface area contributed by atoms with Gasteiger partial charge in [0.15, 0.2) is 0 Å². The van der Waals surface area contributed by atoms with Crippen molar-refractivity contribution in [2.45, 2.75) is 47.5 Å². The average Bonchev–Trinajstić information content (AvgIpc) is 2.59. The fourth-order valence-corrected chi connectivity index (χ4v) is 6.12. The van der Waals surface area contributed by atoms with Gasteiger partial charge in [-0.25, -0.2) is 0 Å². The normalized spacial score (nSPS) is 11.4. The number of aryl methyl sites for hydroxylation is 4. The number of carbonyl (C=O) groups is 2. The van der Waals surface area contributed by atoms with Gasteiger partial charge >= 0.3 is 0 Å². The SMILES string of the molecule is CCCCP(=O)(C(=O)c1c(C)cccc1C)C(=O)c1c(C)cccc1C. The molecule has 0 aliphatic rings. The van der Waals surface area contributed by atoms with Crippen LogP contribution in [0.1, 0.15) is 62.7 Å². The van der Waals surface area contributed by atoms with Crippen LogP contribution in [-0.4, -0.2) is 17.2 Å². The van der Waals surface area contributed by atoms with Crippen LogP contribution in [0.25, 0.3) is 0 Å². The van der Waals surface area contributed by atoms with Crippen molar-refractivity contribution in [3.63, 3.8) is 0 Å². The predicted molar refractivity (Wildman–Crippen MR) is 108 cm³/mol. The second kappa shape index (κ2) is 8.14. The molecule has 0 N–H and O–H groups in total. The number of benzene rings is 2. The van der Waals surface area contributed by atoms with Gasteiger partial charge in [0.1, 0.15) is 0 Å². The molecule has 0 saturated heterocycles. The Labute approximate surface area is 156 Å². The summed E-state index contributed by atoms with van der Waals surface area (Å²) in [6, 6.07) is 11.0. The highest BCUT2D eigenvalue weighted by Crippen LogP contribution is 2.54. The lowest BCUT2D eigenvalue weighted by Crippen LogP contribution is -2.17. The summed E-state index contributed by atoms with van der Waals surface area (Å²) in [6.45, 7) is 9.28. The van der Waals surface area contributed by atoms with Crippen molar-refractivity contribution in [3.05, 3.63) is 69.8 Å². The van der Waals surface area contributed by atoms with Gasteiger partial charge in [0.25, 0.3) is 0 Å². The molecule has 0 unspecified atom stereocenters. The summed E-state index contributed by atoms with van der Waals surface area (Å²) in [4.78, 5) is 26.7. The molecule has 0 saturated carbocycles. The fraction of sp³-hybridized carbons (Fsp3) is 0.364. The van der Waals surface area contributed by atoms with Gasteiger partial charge in [0, 0.05) is 17.3 Å². The zero-order chi connectivity index (χ0) is 19.5. The first-order chi connectivity index (χ1) is 12.2. The summed E-state index contributed by atoms with van der Waals surface area (Å²) >= 11 is 0. The van der Waals surface area contributed by atoms with E-state index in [9.17, 15) is 14.2 Å². The largest absolute Gasteiger partial charge is 0.307 e. The van der Waals surface area contributed by atoms with Gasteiger partial charge in [0.2, 0.25) is 18.2 Å². The lowest BCUT2D eigenvalue weighted by atomic mass is 10.0. The summed E-state index contributed by atoms with van der Waals surface area (Å²) in [5.74, 6) is 0. The Morgan fingerprint density at radius 2 is 1.12 bits per heavy atom. The van der Waals surface area contributed by atoms with Crippen LogP contribution in [0.4, 0.5) is 0 Å². The molecule has 0 spiro atoms. The summed E-state index contributed by atoms with van der Waals surface area (Å²) in [5, 5.41) is 0. The molecule has 0 fully saturated rings. The van der Waals surface area contributed by atoms with E-state index in [4.69, 9.17) is 0 Å². The Bertz CT molecular complexity index is 788. The molecular weight excluding hydrogens is 343 g/mol. The molecule has 0 amide bonds. The topological polar surface area (TPSA) is 51.2 Å². The zero-order valence-corrected chi connectivity index (χ0v) is 17.2. The van der Waals surface area contributed by atoms with E-state index in [1.54, 1.807) is 0 Å². The van der Waals surface area contributed by atoms with Gasteiger partial charge in [-0.1, -0.05) is 49.7 Å². The van der Waals surface area contributed by atoms with Gasteiger partial charge in [-0.2, -0.15) is 0 Å². The predicted octanol–water partition coefficient (Wildman–Crippen LogP) is 6.06. The van der Waals surface area contributed by atoms with Gasteiger partial charge in [-0.3, -0.25) is 9.59 Å². The van der Waals surface area contributed by atoms with Crippen molar-refractivity contribution in [2.24, 2.45) is 0 Å². The van der Waals surface area contributed by atoms with E-state index in [0.29, 0.717) is 17.5 Å². The Hall–Kier alpha value is -1.99. The smallest absolute Gasteiger partial charge is 0.229 e. The molecule has 0 aliphatic heterocycles. The quantitative estimate of drug-likeness (QED) is 0.556. The molecule has 26 heavy (non-hydrogen) atoms. The summed E-state index contributed by atoms with van der Waals surface area (Å²) in [6.07, 6.45) is 1.50. The standard InChI is InChI=1S/C22H27O3P/c1-6-7-14-26(25,21(23)19-15(2)10-8-11-16(19)3)22(24)20-17(4)12-9-13-18(20)5/h8-13H,6-7,14H2,1-5H3. The lowest BCUT2D eigenvalue weighted by molar-refractivity contribution is 0.103. The third-order valence-electron chi connectivity index (χ3n) is 4.87. The summed E-state index contributed by atoms with van der Waals surface area (Å²) in [5.41, 5.74) is 2.95. The van der Waals surface area contributed by atoms with Crippen LogP contribution in [0.5, 0.6) is 0 Å². The molecule has 0 radical (unpaired) electrons. The van der Waals surface area contributed by atoms with E-state index >= 15 is 0 Å². The van der Waals surface area contributed by atoms with Crippen molar-refractivity contribution in [3.8, 4) is 0 Å². The van der Waals surface area contributed by atoms with Crippen LogP contribution in [-0.2, 0) is 4.57 Å². The molecule has 0 atom stereocenters. The summed E-state index contributed by atoms with van der Waals surface area (Å²) < 4.78 is 13.9. The van der Waals surface area contributed by atoms with E-state index in [1.165, 1.54) is 0 Å². The first kappa shape index (κ1) is 20.3. The van der Waals surface area contributed by atoms with Crippen LogP contribution in [0, 0.1) is 27.7 Å². The van der Waals surface area contributed by atoms with E-state index in [1.807, 2.05) is 71.0 Å². The Morgan fingerprint density at radius 3 is 1.42 bits per heavy atom. The third kappa shape index (κ3) is 3.73. The average molecular weight is 370 g/mol. The van der Waals surface area contributed by atoms with Crippen LogP contribution >= 0.6 is 7.14 Å². The minimum absolute atomic E-state index is 0.128. The van der Waals surface area contributed by atoms with E-state index in [2.05, 4.69) is 0 Å². The summed E-state index contributed by atoms with van der Waals surface area (Å²) in [7, 11) is -3.75. The number of rotatable bonds is 7. The van der Waals surface area contributed by atoms with Crippen molar-refractivity contribution < 1.29 is 14.2 Å². The monoisotopic (exact) mass is 370 g/mol. The van der Waals surface area contributed by atoms with Crippen molar-refractivity contribution in [2.75, 3.05) is 6.16 Å². The maximum atomic E-state index is 13.9. The van der Waals surface area contributed by atoms with Gasteiger partial charge in [-0.05, 0) is 56.4 Å². The minimum atomic E-state index is -3.75. The Balaban J connectivity index is 2.64. The van der Waals surface area contributed by atoms with Crippen molar-refractivity contribution in [1.82, 2.24) is 0 Å². The number of hydrogen-bond acceptors (Lipinski definition) is 3. The lowest BCUT2D eigenvalue weighted by Gasteiger charge is -2.20. The molecule has 138 valence electrons. The zero-order valence-electron chi connectivity index (χ0n) is 16.3. The van der Waals surface area contributed by atoms with Crippen LogP contribution < -0.4 is 0 Å². The molecule has 4 heteroatoms. The molecule has 2 aromatic rings. The highest BCUT2D eigenvalue weighted by molar-refractivity contribution is 7.95. The molecule has 0 aromatic heterocycles. The third-order valence-corrected chi connectivity index (χ3v) is 7.58. The number of unbranched alkanes of at least 4 members (excludes halogenated alkanes) is 1. The van der Waals surface area contributed by atoms with E-state index < -0.39 is 18.2 Å². The van der Waals surface area contributed by atoms with Gasteiger partial charge < -0.3 is 4.57 Å². The number of hydrogen-bond donors (Lipinski definition) is 0. The fourth-order valence-electron chi connectivity index (χ4n) is 3.34. The molecule has 2 rings (SSSR count). The van der Waals surface area contributed by atoms with Crippen molar-refractivity contribution >= 4 is 18.2 Å². The van der Waals surface area contributed by atoms with Crippen LogP contribution in [0.3, 0.4) is 0 Å². The molecular formula is C22H27O3P. The first-order valence-corrected chi connectivity index (χ1v) is 10.9. The Morgan fingerprint density at radius 1 is 0.769 bits per heavy atom. The minimum Gasteiger partial charge on any atom is -0.307 e. The van der Waals surface area contributed by atoms with Gasteiger partial charge in [0.05, 0.1) is 0 Å². The first-order valence-electron chi connectivity index (χ1n) is 9.05. The molecule has 0 aliphatic carbocycles. The van der Waals surface area contributed by atoms with Crippen molar-refractivity contribution in [1.29, 1.82) is 0 Å². The molecule has 2 aromatic carbocycles. The van der Waals surface area contributed by atoms with E-state index in [-0.39, 0.29) is 6.16 Å². The highest BCUT2D eigenvalue weighted by Gasteiger charge is 2.42. The second-order valence-corrected chi connectivity index (χ2v) is 9.70. The van der Waals surface area contributed by atoms with Crippen LogP contribution in [0.2, 0.25) is 0 Å². The van der Waals surface area contributed by atoms with Crippen LogP contribution in [0.15, 0.2) is 36.4 Å². The molecule has 0 heterocycles. The molecule has 0 bridgehead atoms. The maximum Gasteiger partial charge on any atom is 0.229 e. The number of carbonyl (C=O) groups excluding carboxylic acids is 2. The molecule has 3 nitrogen and oxygen atoms in total. The Kier molecular flexibility index (Phi) is 6.36. The maximum absolute atomic E-state index is 13.9. The highest BCUT2D eigenvalue weighted by atomic mass is 31.2. The van der Waals surface area contributed by atoms with E-state index in [0.717, 1.165) is 28.7 Å². The van der Waals surface area contributed by atoms with Gasteiger partial charge in [-0.15, -0.1) is 0 Å². The second-order valence-electron chi connectivity index (χ2n) is 6.96.